The summed E-state index contributed by atoms with van der Waals surface area (Å²) in [6, 6.07) is 2.08. The van der Waals surface area contributed by atoms with Gasteiger partial charge in [-0.3, -0.25) is 0 Å². The minimum absolute atomic E-state index is 0.389. The number of allylic oxidation sites excluding steroid dienone is 1. The van der Waals surface area contributed by atoms with Crippen LogP contribution in [0.1, 0.15) is 38.0 Å². The molecule has 0 amide bonds. The fourth-order valence-corrected chi connectivity index (χ4v) is 1.41. The van der Waals surface area contributed by atoms with Gasteiger partial charge < -0.3 is 4.42 Å². The molecule has 0 fully saturated rings. The summed E-state index contributed by atoms with van der Waals surface area (Å²) < 4.78 is 5.65. The van der Waals surface area contributed by atoms with E-state index in [0.717, 1.165) is 17.2 Å². The van der Waals surface area contributed by atoms with Crippen molar-refractivity contribution in [1.29, 1.82) is 0 Å². The average molecular weight is 189 g/mol. The topological polar surface area (TPSA) is 25.5 Å². The molecule has 1 aromatic heterocycles. The Labute approximate surface area is 84.3 Å². The van der Waals surface area contributed by atoms with Crippen molar-refractivity contribution < 1.29 is 4.42 Å². The van der Waals surface area contributed by atoms with Crippen LogP contribution >= 0.6 is 0 Å². The Morgan fingerprint density at radius 2 is 2.21 bits per heavy atom. The number of fused-ring (bicyclic) bond motifs is 1. The molecule has 1 atom stereocenters. The lowest BCUT2D eigenvalue weighted by Gasteiger charge is -1.97. The van der Waals surface area contributed by atoms with Crippen LogP contribution in [0.4, 0.5) is 5.88 Å². The quantitative estimate of drug-likeness (QED) is 0.660. The third-order valence-corrected chi connectivity index (χ3v) is 2.33. The number of nitrogens with zero attached hydrogens (tertiary/aromatic N) is 1. The lowest BCUT2D eigenvalue weighted by molar-refractivity contribution is 0.496. The number of rotatable bonds is 1. The second-order valence-corrected chi connectivity index (χ2v) is 4.06. The molecule has 2 heterocycles. The van der Waals surface area contributed by atoms with Crippen LogP contribution in [0.15, 0.2) is 21.6 Å². The van der Waals surface area contributed by atoms with Gasteiger partial charge in [-0.05, 0) is 6.07 Å². The SMILES string of the molecule is CC1C=Cc2cc(C(C)C)oc2N=C1. The molecule has 14 heavy (non-hydrogen) atoms. The fraction of sp³-hybridized carbons (Fsp3) is 0.417. The molecule has 0 aromatic carbocycles. The van der Waals surface area contributed by atoms with E-state index >= 15 is 0 Å². The molecule has 1 aliphatic heterocycles. The lowest BCUT2D eigenvalue weighted by Crippen LogP contribution is -1.87. The normalized spacial score (nSPS) is 19.9. The first-order valence-electron chi connectivity index (χ1n) is 5.03. The molecule has 74 valence electrons. The van der Waals surface area contributed by atoms with Crippen molar-refractivity contribution in [3.05, 3.63) is 23.5 Å². The van der Waals surface area contributed by atoms with E-state index < -0.39 is 0 Å². The zero-order chi connectivity index (χ0) is 10.1. The summed E-state index contributed by atoms with van der Waals surface area (Å²) in [7, 11) is 0. The maximum Gasteiger partial charge on any atom is 0.225 e. The van der Waals surface area contributed by atoms with Crippen LogP contribution in [0.25, 0.3) is 6.08 Å². The predicted octanol–water partition coefficient (Wildman–Crippen LogP) is 3.77. The van der Waals surface area contributed by atoms with E-state index in [-0.39, 0.29) is 0 Å². The van der Waals surface area contributed by atoms with Crippen LogP contribution in [0, 0.1) is 5.92 Å². The number of aliphatic imine (C=N–C) groups is 1. The molecular formula is C12H15NO. The van der Waals surface area contributed by atoms with Gasteiger partial charge in [0, 0.05) is 23.6 Å². The highest BCUT2D eigenvalue weighted by Crippen LogP contribution is 2.31. The van der Waals surface area contributed by atoms with Gasteiger partial charge in [0.15, 0.2) is 0 Å². The maximum absolute atomic E-state index is 5.65. The van der Waals surface area contributed by atoms with Gasteiger partial charge in [0.1, 0.15) is 5.76 Å². The monoisotopic (exact) mass is 189 g/mol. The molecule has 0 bridgehead atoms. The Balaban J connectivity index is 2.41. The second kappa shape index (κ2) is 3.45. The number of furan rings is 1. The zero-order valence-electron chi connectivity index (χ0n) is 8.82. The van der Waals surface area contributed by atoms with E-state index in [4.69, 9.17) is 4.42 Å². The van der Waals surface area contributed by atoms with Crippen molar-refractivity contribution in [2.45, 2.75) is 26.7 Å². The van der Waals surface area contributed by atoms with Gasteiger partial charge in [-0.1, -0.05) is 32.9 Å². The van der Waals surface area contributed by atoms with Gasteiger partial charge in [-0.2, -0.15) is 0 Å². The molecular weight excluding hydrogens is 174 g/mol. The Bertz CT molecular complexity index is 354. The molecule has 2 nitrogen and oxygen atoms in total. The predicted molar refractivity (Wildman–Crippen MR) is 59.1 cm³/mol. The Hall–Kier alpha value is -1.31. The van der Waals surface area contributed by atoms with E-state index in [1.54, 1.807) is 0 Å². The first kappa shape index (κ1) is 9.25. The average Bonchev–Trinajstić information content (AvgIpc) is 2.48. The first-order valence-corrected chi connectivity index (χ1v) is 5.03. The second-order valence-electron chi connectivity index (χ2n) is 4.06. The van der Waals surface area contributed by atoms with Gasteiger partial charge >= 0.3 is 0 Å². The van der Waals surface area contributed by atoms with Crippen LogP contribution < -0.4 is 0 Å². The van der Waals surface area contributed by atoms with E-state index in [0.29, 0.717) is 11.8 Å². The summed E-state index contributed by atoms with van der Waals surface area (Å²) in [5.41, 5.74) is 1.09. The molecule has 0 spiro atoms. The molecule has 0 aliphatic carbocycles. The number of hydrogen-bond donors (Lipinski definition) is 0. The van der Waals surface area contributed by atoms with Crippen molar-refractivity contribution in [3.63, 3.8) is 0 Å². The molecule has 0 saturated carbocycles. The first-order chi connectivity index (χ1) is 6.66. The largest absolute Gasteiger partial charge is 0.443 e. The van der Waals surface area contributed by atoms with Crippen molar-refractivity contribution in [1.82, 2.24) is 0 Å². The van der Waals surface area contributed by atoms with Crippen LogP contribution in [0.2, 0.25) is 0 Å². The van der Waals surface area contributed by atoms with Crippen LogP contribution in [0.3, 0.4) is 0 Å². The Morgan fingerprint density at radius 3 is 2.93 bits per heavy atom. The summed E-state index contributed by atoms with van der Waals surface area (Å²) in [6.45, 7) is 6.34. The molecule has 1 aromatic rings. The van der Waals surface area contributed by atoms with Gasteiger partial charge in [-0.25, -0.2) is 4.99 Å². The van der Waals surface area contributed by atoms with Crippen molar-refractivity contribution in [3.8, 4) is 0 Å². The van der Waals surface area contributed by atoms with Gasteiger partial charge in [0.25, 0.3) is 0 Å². The molecule has 1 unspecified atom stereocenters. The molecule has 0 saturated heterocycles. The summed E-state index contributed by atoms with van der Waals surface area (Å²) in [5.74, 6) is 2.56. The highest BCUT2D eigenvalue weighted by atomic mass is 16.4. The molecule has 2 rings (SSSR count). The lowest BCUT2D eigenvalue weighted by atomic mass is 10.1. The minimum Gasteiger partial charge on any atom is -0.443 e. The van der Waals surface area contributed by atoms with Gasteiger partial charge in [-0.15, -0.1) is 0 Å². The number of hydrogen-bond acceptors (Lipinski definition) is 2. The van der Waals surface area contributed by atoms with E-state index in [1.165, 1.54) is 0 Å². The smallest absolute Gasteiger partial charge is 0.225 e. The minimum atomic E-state index is 0.389. The van der Waals surface area contributed by atoms with Crippen LogP contribution in [-0.2, 0) is 0 Å². The molecule has 0 radical (unpaired) electrons. The summed E-state index contributed by atoms with van der Waals surface area (Å²) in [6.07, 6.45) is 6.13. The summed E-state index contributed by atoms with van der Waals surface area (Å²) in [5, 5.41) is 0. The van der Waals surface area contributed by atoms with Crippen molar-refractivity contribution in [2.24, 2.45) is 10.9 Å². The highest BCUT2D eigenvalue weighted by Gasteiger charge is 2.12. The zero-order valence-corrected chi connectivity index (χ0v) is 8.82. The standard InChI is InChI=1S/C12H15NO/c1-8(2)11-6-10-5-4-9(3)7-13-12(10)14-11/h4-9H,1-3H3. The summed E-state index contributed by atoms with van der Waals surface area (Å²) >= 11 is 0. The van der Waals surface area contributed by atoms with Crippen molar-refractivity contribution in [2.75, 3.05) is 0 Å². The summed E-state index contributed by atoms with van der Waals surface area (Å²) in [4.78, 5) is 4.32. The molecule has 0 N–H and O–H groups in total. The third kappa shape index (κ3) is 1.65. The van der Waals surface area contributed by atoms with Crippen LogP contribution in [0.5, 0.6) is 0 Å². The van der Waals surface area contributed by atoms with E-state index in [2.05, 4.69) is 44.0 Å². The Kier molecular flexibility index (Phi) is 2.28. The maximum atomic E-state index is 5.65. The molecule has 2 heteroatoms. The third-order valence-electron chi connectivity index (χ3n) is 2.33. The van der Waals surface area contributed by atoms with E-state index in [9.17, 15) is 0 Å². The van der Waals surface area contributed by atoms with Gasteiger partial charge in [0.05, 0.1) is 0 Å². The highest BCUT2D eigenvalue weighted by molar-refractivity contribution is 5.75. The Morgan fingerprint density at radius 1 is 1.43 bits per heavy atom. The van der Waals surface area contributed by atoms with Gasteiger partial charge in [0.2, 0.25) is 5.88 Å². The molecule has 1 aliphatic rings. The van der Waals surface area contributed by atoms with Crippen molar-refractivity contribution >= 4 is 18.2 Å². The van der Waals surface area contributed by atoms with Crippen LogP contribution in [-0.4, -0.2) is 6.21 Å². The van der Waals surface area contributed by atoms with E-state index in [1.807, 2.05) is 6.21 Å². The fourth-order valence-electron chi connectivity index (χ4n) is 1.41.